The number of likely N-dealkylation sites (tertiary alicyclic amines) is 1. The zero-order valence-electron chi connectivity index (χ0n) is 13.2. The van der Waals surface area contributed by atoms with Crippen LogP contribution in [0.4, 0.5) is 0 Å². The van der Waals surface area contributed by atoms with Gasteiger partial charge in [-0.05, 0) is 46.1 Å². The van der Waals surface area contributed by atoms with Crippen LogP contribution in [0.25, 0.3) is 0 Å². The second-order valence-electron chi connectivity index (χ2n) is 6.77. The minimum Gasteiger partial charge on any atom is -0.459 e. The summed E-state index contributed by atoms with van der Waals surface area (Å²) in [5, 5.41) is 3.56. The smallest absolute Gasteiger partial charge is 0.320 e. The van der Waals surface area contributed by atoms with Gasteiger partial charge in [0.2, 0.25) is 0 Å². The van der Waals surface area contributed by atoms with E-state index in [4.69, 9.17) is 4.74 Å². The maximum atomic E-state index is 11.9. The molecule has 2 unspecified atom stereocenters. The van der Waals surface area contributed by atoms with E-state index in [0.29, 0.717) is 18.5 Å². The summed E-state index contributed by atoms with van der Waals surface area (Å²) in [6, 6.07) is 0.506. The summed E-state index contributed by atoms with van der Waals surface area (Å²) in [5.74, 6) is 0.515. The van der Waals surface area contributed by atoms with Crippen molar-refractivity contribution in [1.82, 2.24) is 10.2 Å². The molecule has 0 radical (unpaired) electrons. The first-order valence-corrected chi connectivity index (χ1v) is 7.47. The van der Waals surface area contributed by atoms with Gasteiger partial charge in [0.05, 0.1) is 6.54 Å². The molecule has 1 saturated heterocycles. The number of esters is 1. The molecular weight excluding hydrogens is 240 g/mol. The molecule has 0 aromatic heterocycles. The fourth-order valence-electron chi connectivity index (χ4n) is 2.64. The summed E-state index contributed by atoms with van der Waals surface area (Å²) in [4.78, 5) is 14.1. The Morgan fingerprint density at radius 3 is 2.63 bits per heavy atom. The van der Waals surface area contributed by atoms with Crippen molar-refractivity contribution in [2.75, 3.05) is 26.2 Å². The average Bonchev–Trinajstić information content (AvgIpc) is 2.22. The van der Waals surface area contributed by atoms with Gasteiger partial charge < -0.3 is 10.1 Å². The Morgan fingerprint density at radius 2 is 2.05 bits per heavy atom. The molecule has 0 bridgehead atoms. The number of hydrogen-bond acceptors (Lipinski definition) is 4. The van der Waals surface area contributed by atoms with Crippen LogP contribution in [0, 0.1) is 5.92 Å². The SMILES string of the molecule is CCCNC1CC(C)CN(CC(=O)OC(C)(C)C)C1. The molecule has 2 atom stereocenters. The molecular formula is C15H30N2O2. The maximum Gasteiger partial charge on any atom is 0.320 e. The van der Waals surface area contributed by atoms with Crippen molar-refractivity contribution in [1.29, 1.82) is 0 Å². The molecule has 1 N–H and O–H groups in total. The lowest BCUT2D eigenvalue weighted by molar-refractivity contribution is -0.156. The summed E-state index contributed by atoms with van der Waals surface area (Å²) < 4.78 is 5.39. The van der Waals surface area contributed by atoms with E-state index in [1.165, 1.54) is 6.42 Å². The van der Waals surface area contributed by atoms with E-state index >= 15 is 0 Å². The van der Waals surface area contributed by atoms with Gasteiger partial charge in [-0.1, -0.05) is 13.8 Å². The van der Waals surface area contributed by atoms with Gasteiger partial charge in [0, 0.05) is 19.1 Å². The Balaban J connectivity index is 2.42. The summed E-state index contributed by atoms with van der Waals surface area (Å²) in [6.45, 7) is 13.6. The standard InChI is InChI=1S/C15H30N2O2/c1-6-7-16-13-8-12(2)9-17(10-13)11-14(18)19-15(3,4)5/h12-13,16H,6-11H2,1-5H3. The molecule has 1 aliphatic rings. The third kappa shape index (κ3) is 6.92. The number of carbonyl (C=O) groups is 1. The van der Waals surface area contributed by atoms with Crippen LogP contribution in [0.15, 0.2) is 0 Å². The predicted octanol–water partition coefficient (Wildman–Crippen LogP) is 2.04. The van der Waals surface area contributed by atoms with Crippen LogP contribution >= 0.6 is 0 Å². The molecule has 0 aromatic rings. The highest BCUT2D eigenvalue weighted by molar-refractivity contribution is 5.72. The van der Waals surface area contributed by atoms with Gasteiger partial charge in [-0.25, -0.2) is 0 Å². The minimum atomic E-state index is -0.391. The molecule has 0 aromatic carbocycles. The molecule has 112 valence electrons. The Bertz CT molecular complexity index is 286. The van der Waals surface area contributed by atoms with Crippen molar-refractivity contribution < 1.29 is 9.53 Å². The lowest BCUT2D eigenvalue weighted by atomic mass is 9.96. The van der Waals surface area contributed by atoms with Crippen LogP contribution < -0.4 is 5.32 Å². The molecule has 0 saturated carbocycles. The normalized spacial score (nSPS) is 25.3. The van der Waals surface area contributed by atoms with Crippen LogP contribution in [-0.2, 0) is 9.53 Å². The topological polar surface area (TPSA) is 41.6 Å². The maximum absolute atomic E-state index is 11.9. The Morgan fingerprint density at radius 1 is 1.37 bits per heavy atom. The molecule has 1 fully saturated rings. The van der Waals surface area contributed by atoms with E-state index in [1.807, 2.05) is 20.8 Å². The first-order chi connectivity index (χ1) is 8.80. The molecule has 0 aliphatic carbocycles. The zero-order chi connectivity index (χ0) is 14.5. The first kappa shape index (κ1) is 16.4. The van der Waals surface area contributed by atoms with Crippen molar-refractivity contribution in [3.8, 4) is 0 Å². The summed E-state index contributed by atoms with van der Waals surface area (Å²) in [5.41, 5.74) is -0.391. The van der Waals surface area contributed by atoms with Crippen molar-refractivity contribution in [2.45, 2.75) is 59.1 Å². The van der Waals surface area contributed by atoms with Crippen LogP contribution in [0.1, 0.15) is 47.5 Å². The van der Waals surface area contributed by atoms with Crippen molar-refractivity contribution in [3.05, 3.63) is 0 Å². The van der Waals surface area contributed by atoms with Crippen LogP contribution in [0.5, 0.6) is 0 Å². The number of rotatable bonds is 5. The number of nitrogens with one attached hydrogen (secondary N) is 1. The zero-order valence-corrected chi connectivity index (χ0v) is 13.2. The van der Waals surface area contributed by atoms with E-state index in [2.05, 4.69) is 24.1 Å². The second kappa shape index (κ2) is 7.25. The molecule has 0 spiro atoms. The van der Waals surface area contributed by atoms with Crippen LogP contribution in [-0.4, -0.2) is 48.7 Å². The number of nitrogens with zero attached hydrogens (tertiary/aromatic N) is 1. The van der Waals surface area contributed by atoms with Gasteiger partial charge >= 0.3 is 5.97 Å². The van der Waals surface area contributed by atoms with Gasteiger partial charge in [0.1, 0.15) is 5.60 Å². The quantitative estimate of drug-likeness (QED) is 0.776. The van der Waals surface area contributed by atoms with Gasteiger partial charge in [0.15, 0.2) is 0 Å². The van der Waals surface area contributed by atoms with E-state index < -0.39 is 5.60 Å². The number of piperidine rings is 1. The van der Waals surface area contributed by atoms with Gasteiger partial charge in [-0.2, -0.15) is 0 Å². The molecule has 1 aliphatic heterocycles. The molecule has 4 nitrogen and oxygen atoms in total. The first-order valence-electron chi connectivity index (χ1n) is 7.47. The van der Waals surface area contributed by atoms with E-state index in [9.17, 15) is 4.79 Å². The van der Waals surface area contributed by atoms with E-state index in [1.54, 1.807) is 0 Å². The third-order valence-corrected chi connectivity index (χ3v) is 3.19. The highest BCUT2D eigenvalue weighted by Gasteiger charge is 2.27. The highest BCUT2D eigenvalue weighted by atomic mass is 16.6. The molecule has 1 rings (SSSR count). The van der Waals surface area contributed by atoms with Gasteiger partial charge in [-0.15, -0.1) is 0 Å². The Kier molecular flexibility index (Phi) is 6.27. The fraction of sp³-hybridized carbons (Fsp3) is 0.933. The minimum absolute atomic E-state index is 0.115. The van der Waals surface area contributed by atoms with Gasteiger partial charge in [-0.3, -0.25) is 9.69 Å². The largest absolute Gasteiger partial charge is 0.459 e. The second-order valence-corrected chi connectivity index (χ2v) is 6.77. The Hall–Kier alpha value is -0.610. The molecule has 1 heterocycles. The number of ether oxygens (including phenoxy) is 1. The summed E-state index contributed by atoms with van der Waals surface area (Å²) >= 11 is 0. The van der Waals surface area contributed by atoms with E-state index in [0.717, 1.165) is 26.1 Å². The van der Waals surface area contributed by atoms with Crippen LogP contribution in [0.3, 0.4) is 0 Å². The molecule has 0 amide bonds. The number of hydrogen-bond donors (Lipinski definition) is 1. The third-order valence-electron chi connectivity index (χ3n) is 3.19. The van der Waals surface area contributed by atoms with Crippen molar-refractivity contribution >= 4 is 5.97 Å². The van der Waals surface area contributed by atoms with Crippen LogP contribution in [0.2, 0.25) is 0 Å². The monoisotopic (exact) mass is 270 g/mol. The lowest BCUT2D eigenvalue weighted by Gasteiger charge is -2.36. The van der Waals surface area contributed by atoms with E-state index in [-0.39, 0.29) is 5.97 Å². The van der Waals surface area contributed by atoms with Crippen molar-refractivity contribution in [2.24, 2.45) is 5.92 Å². The van der Waals surface area contributed by atoms with Gasteiger partial charge in [0.25, 0.3) is 0 Å². The summed E-state index contributed by atoms with van der Waals surface area (Å²) in [7, 11) is 0. The number of carbonyl (C=O) groups excluding carboxylic acids is 1. The highest BCUT2D eigenvalue weighted by Crippen LogP contribution is 2.17. The predicted molar refractivity (Wildman–Crippen MR) is 78.1 cm³/mol. The molecule has 19 heavy (non-hydrogen) atoms. The van der Waals surface area contributed by atoms with Crippen molar-refractivity contribution in [3.63, 3.8) is 0 Å². The average molecular weight is 270 g/mol. The fourth-order valence-corrected chi connectivity index (χ4v) is 2.64. The Labute approximate surface area is 117 Å². The lowest BCUT2D eigenvalue weighted by Crippen LogP contribution is -2.50. The molecule has 4 heteroatoms. The summed E-state index contributed by atoms with van der Waals surface area (Å²) in [6.07, 6.45) is 2.35.